The average molecular weight is 288 g/mol. The highest BCUT2D eigenvalue weighted by molar-refractivity contribution is 5.33. The van der Waals surface area contributed by atoms with Gasteiger partial charge in [-0.3, -0.25) is 16.0 Å². The van der Waals surface area contributed by atoms with Crippen LogP contribution in [0.25, 0.3) is 0 Å². The number of hydrogen-bond acceptors (Lipinski definition) is 4. The molecule has 3 N–H and O–H groups in total. The molecule has 5 heteroatoms. The van der Waals surface area contributed by atoms with Gasteiger partial charge in [-0.25, -0.2) is 0 Å². The van der Waals surface area contributed by atoms with Gasteiger partial charge in [0.2, 0.25) is 0 Å². The molecule has 0 spiro atoms. The minimum atomic E-state index is -0.0500. The molecular formula is C16H24N4O. The van der Waals surface area contributed by atoms with Gasteiger partial charge in [-0.15, -0.1) is 0 Å². The molecule has 1 heterocycles. The first kappa shape index (κ1) is 15.5. The smallest absolute Gasteiger partial charge is 0.161 e. The van der Waals surface area contributed by atoms with Crippen LogP contribution in [0.5, 0.6) is 5.75 Å². The molecule has 1 aromatic heterocycles. The van der Waals surface area contributed by atoms with Gasteiger partial charge in [-0.2, -0.15) is 5.10 Å². The predicted octanol–water partition coefficient (Wildman–Crippen LogP) is 2.53. The number of nitrogens with one attached hydrogen (secondary N) is 1. The predicted molar refractivity (Wildman–Crippen MR) is 84.1 cm³/mol. The van der Waals surface area contributed by atoms with Crippen molar-refractivity contribution in [2.45, 2.75) is 39.3 Å². The van der Waals surface area contributed by atoms with Crippen LogP contribution in [0.4, 0.5) is 0 Å². The number of hydrazine groups is 1. The van der Waals surface area contributed by atoms with Crippen molar-refractivity contribution in [3.05, 3.63) is 47.3 Å². The van der Waals surface area contributed by atoms with Crippen LogP contribution in [0.15, 0.2) is 30.5 Å². The number of nitrogens with zero attached hydrogens (tertiary/aromatic N) is 2. The van der Waals surface area contributed by atoms with Crippen molar-refractivity contribution in [2.75, 3.05) is 7.11 Å². The summed E-state index contributed by atoms with van der Waals surface area (Å²) in [5, 5.41) is 4.42. The Morgan fingerprint density at radius 3 is 2.62 bits per heavy atom. The molecule has 1 atom stereocenters. The first-order chi connectivity index (χ1) is 10.1. The van der Waals surface area contributed by atoms with E-state index in [0.717, 1.165) is 17.9 Å². The second-order valence-electron chi connectivity index (χ2n) is 5.49. The van der Waals surface area contributed by atoms with Crippen molar-refractivity contribution in [1.29, 1.82) is 0 Å². The van der Waals surface area contributed by atoms with Gasteiger partial charge in [0.25, 0.3) is 0 Å². The summed E-state index contributed by atoms with van der Waals surface area (Å²) in [7, 11) is 1.66. The molecule has 2 aromatic rings. The molecule has 0 aliphatic rings. The zero-order valence-corrected chi connectivity index (χ0v) is 13.1. The lowest BCUT2D eigenvalue weighted by Crippen LogP contribution is -2.32. The van der Waals surface area contributed by atoms with Gasteiger partial charge < -0.3 is 4.74 Å². The van der Waals surface area contributed by atoms with Crippen LogP contribution in [-0.2, 0) is 6.42 Å². The maximum absolute atomic E-state index is 5.81. The van der Waals surface area contributed by atoms with E-state index in [9.17, 15) is 0 Å². The Bertz CT molecular complexity index is 592. The van der Waals surface area contributed by atoms with E-state index in [1.54, 1.807) is 13.3 Å². The molecule has 2 rings (SSSR count). The Morgan fingerprint density at radius 1 is 1.33 bits per heavy atom. The van der Waals surface area contributed by atoms with E-state index in [1.165, 1.54) is 11.1 Å². The fraction of sp³-hybridized carbons (Fsp3) is 0.438. The van der Waals surface area contributed by atoms with Crippen LogP contribution in [0.3, 0.4) is 0 Å². The molecule has 0 aliphatic carbocycles. The zero-order valence-electron chi connectivity index (χ0n) is 13.1. The number of aryl methyl sites for hydroxylation is 1. The molecule has 1 aromatic carbocycles. The van der Waals surface area contributed by atoms with Gasteiger partial charge in [0.1, 0.15) is 0 Å². The summed E-state index contributed by atoms with van der Waals surface area (Å²) < 4.78 is 7.41. The Morgan fingerprint density at radius 2 is 2.05 bits per heavy atom. The van der Waals surface area contributed by atoms with E-state index in [2.05, 4.69) is 43.4 Å². The second kappa shape index (κ2) is 6.74. The van der Waals surface area contributed by atoms with E-state index in [4.69, 9.17) is 10.6 Å². The maximum Gasteiger partial charge on any atom is 0.161 e. The Hall–Kier alpha value is -1.85. The molecule has 0 saturated heterocycles. The van der Waals surface area contributed by atoms with E-state index < -0.39 is 0 Å². The fourth-order valence-corrected chi connectivity index (χ4v) is 2.55. The molecule has 0 fully saturated rings. The Kier molecular flexibility index (Phi) is 4.98. The average Bonchev–Trinajstić information content (AvgIpc) is 2.90. The van der Waals surface area contributed by atoms with Gasteiger partial charge >= 0.3 is 0 Å². The van der Waals surface area contributed by atoms with Gasteiger partial charge in [-0.1, -0.05) is 24.3 Å². The maximum atomic E-state index is 5.81. The van der Waals surface area contributed by atoms with E-state index >= 15 is 0 Å². The lowest BCUT2D eigenvalue weighted by Gasteiger charge is -2.21. The van der Waals surface area contributed by atoms with E-state index in [1.807, 2.05) is 16.8 Å². The lowest BCUT2D eigenvalue weighted by molar-refractivity contribution is 0.384. The summed E-state index contributed by atoms with van der Waals surface area (Å²) in [5.74, 6) is 6.57. The summed E-state index contributed by atoms with van der Waals surface area (Å²) in [5.41, 5.74) is 6.41. The number of hydrogen-bond donors (Lipinski definition) is 2. The molecular weight excluding hydrogens is 264 g/mol. The van der Waals surface area contributed by atoms with Crippen LogP contribution in [0.1, 0.15) is 42.8 Å². The number of ether oxygens (including phenoxy) is 1. The standard InChI is InChI=1S/C16H24N4O/c1-11(2)20-16(15(21-4)10-18-20)14(19-17)9-13-8-6-5-7-12(13)3/h5-8,10-11,14,19H,9,17H2,1-4H3. The SMILES string of the molecule is COc1cnn(C(C)C)c1C(Cc1ccccc1C)NN. The minimum Gasteiger partial charge on any atom is -0.493 e. The highest BCUT2D eigenvalue weighted by Gasteiger charge is 2.23. The quantitative estimate of drug-likeness (QED) is 0.633. The van der Waals surface area contributed by atoms with Crippen LogP contribution in [0.2, 0.25) is 0 Å². The molecule has 1 unspecified atom stereocenters. The third-order valence-electron chi connectivity index (χ3n) is 3.72. The molecule has 0 saturated carbocycles. The van der Waals surface area contributed by atoms with Crippen molar-refractivity contribution in [2.24, 2.45) is 5.84 Å². The molecule has 5 nitrogen and oxygen atoms in total. The van der Waals surface area contributed by atoms with E-state index in [0.29, 0.717) is 0 Å². The highest BCUT2D eigenvalue weighted by Crippen LogP contribution is 2.29. The first-order valence-corrected chi connectivity index (χ1v) is 7.20. The molecule has 21 heavy (non-hydrogen) atoms. The summed E-state index contributed by atoms with van der Waals surface area (Å²) in [4.78, 5) is 0. The largest absolute Gasteiger partial charge is 0.493 e. The van der Waals surface area contributed by atoms with Crippen molar-refractivity contribution < 1.29 is 4.74 Å². The third-order valence-corrected chi connectivity index (χ3v) is 3.72. The zero-order chi connectivity index (χ0) is 15.4. The van der Waals surface area contributed by atoms with Gasteiger partial charge in [0.05, 0.1) is 25.0 Å². The molecule has 0 amide bonds. The fourth-order valence-electron chi connectivity index (χ4n) is 2.55. The Labute approximate surface area is 126 Å². The van der Waals surface area contributed by atoms with Crippen LogP contribution >= 0.6 is 0 Å². The number of benzene rings is 1. The van der Waals surface area contributed by atoms with E-state index in [-0.39, 0.29) is 12.1 Å². The highest BCUT2D eigenvalue weighted by atomic mass is 16.5. The van der Waals surface area contributed by atoms with Crippen LogP contribution in [-0.4, -0.2) is 16.9 Å². The van der Waals surface area contributed by atoms with Gasteiger partial charge in [-0.05, 0) is 38.3 Å². The summed E-state index contributed by atoms with van der Waals surface area (Å²) in [6.45, 7) is 6.30. The number of aromatic nitrogens is 2. The summed E-state index contributed by atoms with van der Waals surface area (Å²) in [6, 6.07) is 8.53. The minimum absolute atomic E-state index is 0.0500. The molecule has 0 radical (unpaired) electrons. The monoisotopic (exact) mass is 288 g/mol. The van der Waals surface area contributed by atoms with Gasteiger partial charge in [0.15, 0.2) is 5.75 Å². The van der Waals surface area contributed by atoms with Crippen LogP contribution in [0, 0.1) is 6.92 Å². The normalized spacial score (nSPS) is 12.7. The summed E-state index contributed by atoms with van der Waals surface area (Å²) >= 11 is 0. The van der Waals surface area contributed by atoms with Crippen molar-refractivity contribution in [3.8, 4) is 5.75 Å². The molecule has 114 valence electrons. The van der Waals surface area contributed by atoms with Crippen molar-refractivity contribution >= 4 is 0 Å². The lowest BCUT2D eigenvalue weighted by atomic mass is 9.99. The second-order valence-corrected chi connectivity index (χ2v) is 5.49. The number of nitrogens with two attached hydrogens (primary N) is 1. The third kappa shape index (κ3) is 3.25. The number of methoxy groups -OCH3 is 1. The Balaban J connectivity index is 2.37. The van der Waals surface area contributed by atoms with Crippen molar-refractivity contribution in [1.82, 2.24) is 15.2 Å². The first-order valence-electron chi connectivity index (χ1n) is 7.20. The molecule has 0 aliphatic heterocycles. The topological polar surface area (TPSA) is 65.1 Å². The van der Waals surface area contributed by atoms with Crippen molar-refractivity contribution in [3.63, 3.8) is 0 Å². The van der Waals surface area contributed by atoms with Gasteiger partial charge in [0, 0.05) is 6.04 Å². The van der Waals surface area contributed by atoms with Crippen LogP contribution < -0.4 is 16.0 Å². The summed E-state index contributed by atoms with van der Waals surface area (Å²) in [6.07, 6.45) is 2.54. The molecule has 0 bridgehead atoms. The number of rotatable bonds is 6.